The molecule has 0 spiro atoms. The molecule has 2 rings (SSSR count). The highest BCUT2D eigenvalue weighted by atomic mass is 16.1. The van der Waals surface area contributed by atoms with E-state index in [9.17, 15) is 4.79 Å². The van der Waals surface area contributed by atoms with E-state index in [1.54, 1.807) is 0 Å². The lowest BCUT2D eigenvalue weighted by Crippen LogP contribution is -2.51. The predicted octanol–water partition coefficient (Wildman–Crippen LogP) is 3.01. The first kappa shape index (κ1) is 16.0. The van der Waals surface area contributed by atoms with Crippen LogP contribution in [0.1, 0.15) is 44.7 Å². The van der Waals surface area contributed by atoms with E-state index in [2.05, 4.69) is 45.1 Å². The average molecular weight is 288 g/mol. The fourth-order valence-electron chi connectivity index (χ4n) is 3.43. The van der Waals surface area contributed by atoms with Gasteiger partial charge in [0, 0.05) is 18.5 Å². The van der Waals surface area contributed by atoms with E-state index in [-0.39, 0.29) is 23.3 Å². The molecular weight excluding hydrogens is 260 g/mol. The number of nitrogens with two attached hydrogens (primary N) is 1. The Morgan fingerprint density at radius 2 is 2.00 bits per heavy atom. The van der Waals surface area contributed by atoms with E-state index in [1.165, 1.54) is 11.1 Å². The number of carbonyl (C=O) groups excluding carboxylic acids is 1. The number of nitrogens with one attached hydrogen (secondary N) is 1. The van der Waals surface area contributed by atoms with Gasteiger partial charge in [-0.05, 0) is 42.2 Å². The smallest absolute Gasteiger partial charge is 0.223 e. The Morgan fingerprint density at radius 3 is 2.67 bits per heavy atom. The maximum atomic E-state index is 12.6. The zero-order valence-electron chi connectivity index (χ0n) is 13.6. The number of benzene rings is 1. The molecule has 0 aromatic heterocycles. The van der Waals surface area contributed by atoms with Crippen LogP contribution < -0.4 is 11.1 Å². The van der Waals surface area contributed by atoms with Gasteiger partial charge in [0.2, 0.25) is 5.91 Å². The van der Waals surface area contributed by atoms with Crippen molar-refractivity contribution < 1.29 is 4.79 Å². The molecule has 1 aliphatic carbocycles. The molecule has 3 heteroatoms. The highest BCUT2D eigenvalue weighted by Crippen LogP contribution is 2.44. The van der Waals surface area contributed by atoms with Crippen LogP contribution in [0.2, 0.25) is 0 Å². The van der Waals surface area contributed by atoms with E-state index >= 15 is 0 Å². The third kappa shape index (κ3) is 3.29. The Kier molecular flexibility index (Phi) is 4.72. The number of aryl methyl sites for hydroxylation is 1. The van der Waals surface area contributed by atoms with Gasteiger partial charge in [-0.1, -0.05) is 45.0 Å². The normalized spacial score (nSPS) is 28.1. The van der Waals surface area contributed by atoms with Crippen LogP contribution in [-0.4, -0.2) is 11.9 Å². The molecule has 1 aliphatic rings. The maximum absolute atomic E-state index is 12.6. The summed E-state index contributed by atoms with van der Waals surface area (Å²) in [5, 5.41) is 3.12. The molecule has 1 saturated carbocycles. The van der Waals surface area contributed by atoms with Gasteiger partial charge >= 0.3 is 0 Å². The molecular formula is C18H28N2O. The quantitative estimate of drug-likeness (QED) is 0.898. The van der Waals surface area contributed by atoms with Crippen molar-refractivity contribution in [2.24, 2.45) is 23.0 Å². The SMILES string of the molecule is Cc1ccccc1CNC(=O)C1CCC(N)C(C)C1(C)C. The summed E-state index contributed by atoms with van der Waals surface area (Å²) in [4.78, 5) is 12.6. The first-order valence-corrected chi connectivity index (χ1v) is 7.92. The summed E-state index contributed by atoms with van der Waals surface area (Å²) in [5.74, 6) is 0.582. The van der Waals surface area contributed by atoms with Gasteiger partial charge < -0.3 is 11.1 Å². The van der Waals surface area contributed by atoms with Crippen molar-refractivity contribution in [1.82, 2.24) is 5.32 Å². The minimum Gasteiger partial charge on any atom is -0.352 e. The van der Waals surface area contributed by atoms with Gasteiger partial charge in [0.25, 0.3) is 0 Å². The predicted molar refractivity (Wildman–Crippen MR) is 86.7 cm³/mol. The second-order valence-electron chi connectivity index (χ2n) is 7.05. The molecule has 3 N–H and O–H groups in total. The summed E-state index contributed by atoms with van der Waals surface area (Å²) in [5.41, 5.74) is 8.52. The minimum absolute atomic E-state index is 0.0481. The Bertz CT molecular complexity index is 510. The molecule has 1 amide bonds. The molecule has 0 radical (unpaired) electrons. The molecule has 1 aromatic carbocycles. The molecule has 1 aromatic rings. The summed E-state index contributed by atoms with van der Waals surface area (Å²) in [6, 6.07) is 8.39. The molecule has 21 heavy (non-hydrogen) atoms. The fraction of sp³-hybridized carbons (Fsp3) is 0.611. The van der Waals surface area contributed by atoms with Gasteiger partial charge in [-0.15, -0.1) is 0 Å². The zero-order valence-corrected chi connectivity index (χ0v) is 13.6. The van der Waals surface area contributed by atoms with Crippen LogP contribution in [-0.2, 0) is 11.3 Å². The Labute approximate surface area is 128 Å². The van der Waals surface area contributed by atoms with E-state index in [4.69, 9.17) is 5.73 Å². The summed E-state index contributed by atoms with van der Waals surface area (Å²) >= 11 is 0. The Balaban J connectivity index is 2.02. The van der Waals surface area contributed by atoms with Crippen molar-refractivity contribution in [3.63, 3.8) is 0 Å². The number of carbonyl (C=O) groups is 1. The lowest BCUT2D eigenvalue weighted by atomic mass is 9.61. The van der Waals surface area contributed by atoms with Crippen molar-refractivity contribution in [3.8, 4) is 0 Å². The van der Waals surface area contributed by atoms with Crippen molar-refractivity contribution in [3.05, 3.63) is 35.4 Å². The molecule has 0 heterocycles. The molecule has 1 fully saturated rings. The van der Waals surface area contributed by atoms with Crippen molar-refractivity contribution in [2.75, 3.05) is 0 Å². The van der Waals surface area contributed by atoms with Crippen LogP contribution in [0.3, 0.4) is 0 Å². The van der Waals surface area contributed by atoms with E-state index in [1.807, 2.05) is 12.1 Å². The third-order valence-electron chi connectivity index (χ3n) is 5.53. The largest absolute Gasteiger partial charge is 0.352 e. The minimum atomic E-state index is -0.0481. The summed E-state index contributed by atoms with van der Waals surface area (Å²) in [6.45, 7) is 9.21. The van der Waals surface area contributed by atoms with Crippen LogP contribution in [0, 0.1) is 24.2 Å². The number of hydrogen-bond acceptors (Lipinski definition) is 2. The van der Waals surface area contributed by atoms with Gasteiger partial charge in [0.1, 0.15) is 0 Å². The highest BCUT2D eigenvalue weighted by Gasteiger charge is 2.44. The van der Waals surface area contributed by atoms with E-state index in [0.717, 1.165) is 12.8 Å². The number of hydrogen-bond donors (Lipinski definition) is 2. The standard InChI is InChI=1S/C18H28N2O/c1-12-7-5-6-8-14(12)11-20-17(21)15-9-10-16(19)13(2)18(15,3)4/h5-8,13,15-16H,9-11,19H2,1-4H3,(H,20,21). The zero-order chi connectivity index (χ0) is 15.6. The molecule has 3 nitrogen and oxygen atoms in total. The fourth-order valence-corrected chi connectivity index (χ4v) is 3.43. The second kappa shape index (κ2) is 6.18. The molecule has 3 atom stereocenters. The second-order valence-corrected chi connectivity index (χ2v) is 7.05. The molecule has 3 unspecified atom stereocenters. The van der Waals surface area contributed by atoms with Crippen LogP contribution in [0.25, 0.3) is 0 Å². The summed E-state index contributed by atoms with van der Waals surface area (Å²) in [7, 11) is 0. The van der Waals surface area contributed by atoms with Crippen LogP contribution in [0.5, 0.6) is 0 Å². The van der Waals surface area contributed by atoms with Gasteiger partial charge in [0.15, 0.2) is 0 Å². The van der Waals surface area contributed by atoms with Crippen LogP contribution in [0.15, 0.2) is 24.3 Å². The third-order valence-corrected chi connectivity index (χ3v) is 5.53. The Hall–Kier alpha value is -1.35. The molecule has 116 valence electrons. The summed E-state index contributed by atoms with van der Waals surface area (Å²) in [6.07, 6.45) is 1.82. The lowest BCUT2D eigenvalue weighted by molar-refractivity contribution is -0.132. The van der Waals surface area contributed by atoms with Gasteiger partial charge in [0.05, 0.1) is 0 Å². The average Bonchev–Trinajstić information content (AvgIpc) is 2.44. The molecule has 0 aliphatic heterocycles. The van der Waals surface area contributed by atoms with Crippen LogP contribution in [0.4, 0.5) is 0 Å². The van der Waals surface area contributed by atoms with Gasteiger partial charge in [-0.3, -0.25) is 4.79 Å². The molecule has 0 bridgehead atoms. The Morgan fingerprint density at radius 1 is 1.33 bits per heavy atom. The molecule has 0 saturated heterocycles. The summed E-state index contributed by atoms with van der Waals surface area (Å²) < 4.78 is 0. The van der Waals surface area contributed by atoms with Crippen molar-refractivity contribution in [1.29, 1.82) is 0 Å². The first-order valence-electron chi connectivity index (χ1n) is 7.92. The first-order chi connectivity index (χ1) is 9.84. The monoisotopic (exact) mass is 288 g/mol. The van der Waals surface area contributed by atoms with Crippen molar-refractivity contribution >= 4 is 5.91 Å². The van der Waals surface area contributed by atoms with Crippen molar-refractivity contribution in [2.45, 2.75) is 53.1 Å². The number of rotatable bonds is 3. The van der Waals surface area contributed by atoms with Gasteiger partial charge in [-0.25, -0.2) is 0 Å². The van der Waals surface area contributed by atoms with Crippen LogP contribution >= 0.6 is 0 Å². The number of amides is 1. The van der Waals surface area contributed by atoms with E-state index in [0.29, 0.717) is 12.5 Å². The van der Waals surface area contributed by atoms with Gasteiger partial charge in [-0.2, -0.15) is 0 Å². The highest BCUT2D eigenvalue weighted by molar-refractivity contribution is 5.79. The van der Waals surface area contributed by atoms with E-state index < -0.39 is 0 Å². The topological polar surface area (TPSA) is 55.1 Å². The maximum Gasteiger partial charge on any atom is 0.223 e. The lowest BCUT2D eigenvalue weighted by Gasteiger charge is -2.46.